The number of benzene rings is 2. The number of nitrogens with one attached hydrogen (secondary N) is 2. The number of amides is 1. The van der Waals surface area contributed by atoms with Gasteiger partial charge >= 0.3 is 5.97 Å². The van der Waals surface area contributed by atoms with Crippen LogP contribution in [0.2, 0.25) is 0 Å². The number of carbonyl (C=O) groups excluding carboxylic acids is 3. The topological polar surface area (TPSA) is 116 Å². The second-order valence-corrected chi connectivity index (χ2v) is 9.67. The summed E-state index contributed by atoms with van der Waals surface area (Å²) in [7, 11) is 2.95. The maximum Gasteiger partial charge on any atom is 0.305 e. The Kier molecular flexibility index (Phi) is 11.4. The average molecular weight is 554 g/mol. The lowest BCUT2D eigenvalue weighted by Gasteiger charge is -2.18. The number of rotatable bonds is 15. The quantitative estimate of drug-likeness (QED) is 0.157. The minimum Gasteiger partial charge on any atom is -0.496 e. The number of esters is 1. The Bertz CT molecular complexity index is 1310. The molecule has 0 saturated heterocycles. The van der Waals surface area contributed by atoms with Crippen LogP contribution in [0.1, 0.15) is 36.9 Å². The number of carbonyl (C=O) groups is 3. The third-order valence-corrected chi connectivity index (χ3v) is 6.93. The first-order valence-corrected chi connectivity index (χ1v) is 13.9. The van der Waals surface area contributed by atoms with Gasteiger partial charge in [0.25, 0.3) is 0 Å². The van der Waals surface area contributed by atoms with Crippen molar-refractivity contribution in [1.29, 1.82) is 0 Å². The third kappa shape index (κ3) is 8.61. The molecule has 0 radical (unpaired) electrons. The molecule has 208 valence electrons. The first-order chi connectivity index (χ1) is 18.9. The van der Waals surface area contributed by atoms with Gasteiger partial charge in [-0.3, -0.25) is 14.4 Å². The molecule has 0 spiro atoms. The number of aromatic nitrogens is 1. The summed E-state index contributed by atoms with van der Waals surface area (Å²) < 4.78 is 16.4. The molecule has 1 heterocycles. The van der Waals surface area contributed by atoms with Crippen LogP contribution in [0.5, 0.6) is 11.5 Å². The Labute approximate surface area is 233 Å². The number of aryl methyl sites for hydroxylation is 1. The number of thioether (sulfide) groups is 1. The Balaban J connectivity index is 1.60. The highest BCUT2D eigenvalue weighted by molar-refractivity contribution is 7.98. The zero-order valence-corrected chi connectivity index (χ0v) is 23.6. The van der Waals surface area contributed by atoms with E-state index >= 15 is 0 Å². The minimum atomic E-state index is -0.296. The largest absolute Gasteiger partial charge is 0.496 e. The summed E-state index contributed by atoms with van der Waals surface area (Å²) in [6, 6.07) is 13.5. The number of methoxy groups -OCH3 is 2. The molecule has 0 aliphatic rings. The summed E-state index contributed by atoms with van der Waals surface area (Å²) in [6.07, 6.45) is 3.59. The molecule has 3 aromatic rings. The van der Waals surface area contributed by atoms with Crippen molar-refractivity contribution in [3.05, 3.63) is 53.7 Å². The first-order valence-electron chi connectivity index (χ1n) is 12.7. The molecule has 0 fully saturated rings. The predicted octanol–water partition coefficient (Wildman–Crippen LogP) is 4.68. The fourth-order valence-corrected chi connectivity index (χ4v) is 4.76. The zero-order valence-electron chi connectivity index (χ0n) is 22.8. The number of anilines is 1. The van der Waals surface area contributed by atoms with Crippen LogP contribution in [0.25, 0.3) is 10.9 Å². The monoisotopic (exact) mass is 553 g/mol. The molecule has 2 N–H and O–H groups in total. The molecular weight excluding hydrogens is 518 g/mol. The standard InChI is InChI=1S/C29H35N3O6S/c1-19-12-13-20-8-7-9-25(28(20)32-19)38-18-22-24(36-2)15-14-23(29(22)39-4)30-16-21(33)17-31-26(34)10-5-6-11-27(35)37-3/h7-9,12-15,30H,5-6,10-11,16-18H2,1-4H3,(H,31,34). The van der Waals surface area contributed by atoms with E-state index in [2.05, 4.69) is 20.4 Å². The number of nitrogens with zero attached hydrogens (tertiary/aromatic N) is 1. The Morgan fingerprint density at radius 1 is 0.949 bits per heavy atom. The van der Waals surface area contributed by atoms with Crippen molar-refractivity contribution < 1.29 is 28.6 Å². The summed E-state index contributed by atoms with van der Waals surface area (Å²) in [5.74, 6) is 0.686. The zero-order chi connectivity index (χ0) is 28.2. The maximum absolute atomic E-state index is 12.4. The van der Waals surface area contributed by atoms with E-state index in [0.29, 0.717) is 24.3 Å². The number of Topliss-reactive ketones (excluding diaryl/α,β-unsaturated/α-hetero) is 1. The molecule has 0 atom stereocenters. The van der Waals surface area contributed by atoms with Crippen molar-refractivity contribution in [3.63, 3.8) is 0 Å². The van der Waals surface area contributed by atoms with Crippen molar-refractivity contribution in [2.75, 3.05) is 38.9 Å². The Morgan fingerprint density at radius 3 is 2.49 bits per heavy atom. The number of para-hydroxylation sites is 1. The number of hydrogen-bond acceptors (Lipinski definition) is 9. The predicted molar refractivity (Wildman–Crippen MR) is 153 cm³/mol. The van der Waals surface area contributed by atoms with Gasteiger partial charge in [0.2, 0.25) is 5.91 Å². The maximum atomic E-state index is 12.4. The van der Waals surface area contributed by atoms with Gasteiger partial charge in [0, 0.05) is 40.1 Å². The van der Waals surface area contributed by atoms with Gasteiger partial charge in [-0.25, -0.2) is 4.98 Å². The van der Waals surface area contributed by atoms with Crippen molar-refractivity contribution >= 4 is 46.0 Å². The highest BCUT2D eigenvalue weighted by Crippen LogP contribution is 2.37. The van der Waals surface area contributed by atoms with Crippen LogP contribution in [-0.4, -0.2) is 56.2 Å². The third-order valence-electron chi connectivity index (χ3n) is 6.06. The molecule has 2 aromatic carbocycles. The van der Waals surface area contributed by atoms with Crippen LogP contribution < -0.4 is 20.1 Å². The van der Waals surface area contributed by atoms with E-state index in [9.17, 15) is 14.4 Å². The van der Waals surface area contributed by atoms with Crippen molar-refractivity contribution in [2.45, 2.75) is 44.1 Å². The molecule has 39 heavy (non-hydrogen) atoms. The number of unbranched alkanes of at least 4 members (excludes halogenated alkanes) is 1. The van der Waals surface area contributed by atoms with Gasteiger partial charge in [0.05, 0.1) is 27.3 Å². The number of hydrogen-bond donors (Lipinski definition) is 2. The van der Waals surface area contributed by atoms with Crippen LogP contribution >= 0.6 is 11.8 Å². The SMILES string of the molecule is COC(=O)CCCCC(=O)NCC(=O)CNc1ccc(OC)c(COc2cccc3ccc(C)nc23)c1SC. The molecule has 10 heteroatoms. The number of ketones is 1. The van der Waals surface area contributed by atoms with Crippen LogP contribution in [-0.2, 0) is 25.7 Å². The van der Waals surface area contributed by atoms with Crippen molar-refractivity contribution in [3.8, 4) is 11.5 Å². The van der Waals surface area contributed by atoms with Gasteiger partial charge in [-0.2, -0.15) is 0 Å². The Hall–Kier alpha value is -3.79. The van der Waals surface area contributed by atoms with Crippen molar-refractivity contribution in [1.82, 2.24) is 10.3 Å². The fourth-order valence-electron chi connectivity index (χ4n) is 3.99. The van der Waals surface area contributed by atoms with Gasteiger partial charge < -0.3 is 24.8 Å². The van der Waals surface area contributed by atoms with E-state index < -0.39 is 0 Å². The van der Waals surface area contributed by atoms with Crippen LogP contribution in [0, 0.1) is 6.92 Å². The minimum absolute atomic E-state index is 0.0509. The first kappa shape index (κ1) is 29.8. The lowest BCUT2D eigenvalue weighted by Crippen LogP contribution is -2.32. The van der Waals surface area contributed by atoms with E-state index in [1.165, 1.54) is 18.9 Å². The Morgan fingerprint density at radius 2 is 1.74 bits per heavy atom. The normalized spacial score (nSPS) is 10.7. The van der Waals surface area contributed by atoms with Gasteiger partial charge in [-0.15, -0.1) is 11.8 Å². The average Bonchev–Trinajstić information content (AvgIpc) is 2.95. The number of pyridine rings is 1. The van der Waals surface area contributed by atoms with E-state index in [4.69, 9.17) is 9.47 Å². The second-order valence-electron chi connectivity index (χ2n) is 8.85. The highest BCUT2D eigenvalue weighted by Gasteiger charge is 2.16. The smallest absolute Gasteiger partial charge is 0.305 e. The lowest BCUT2D eigenvalue weighted by atomic mass is 10.1. The van der Waals surface area contributed by atoms with Gasteiger partial charge in [-0.05, 0) is 50.3 Å². The van der Waals surface area contributed by atoms with E-state index in [-0.39, 0.29) is 50.2 Å². The lowest BCUT2D eigenvalue weighted by molar-refractivity contribution is -0.140. The van der Waals surface area contributed by atoms with Gasteiger partial charge in [0.15, 0.2) is 5.78 Å². The van der Waals surface area contributed by atoms with E-state index in [1.54, 1.807) is 7.11 Å². The number of ether oxygens (including phenoxy) is 3. The summed E-state index contributed by atoms with van der Waals surface area (Å²) in [5.41, 5.74) is 3.34. The molecule has 0 aliphatic heterocycles. The summed E-state index contributed by atoms with van der Waals surface area (Å²) in [6.45, 7) is 2.18. The summed E-state index contributed by atoms with van der Waals surface area (Å²) in [4.78, 5) is 41.1. The molecule has 3 rings (SSSR count). The molecule has 1 aromatic heterocycles. The summed E-state index contributed by atoms with van der Waals surface area (Å²) in [5, 5.41) is 6.83. The van der Waals surface area contributed by atoms with Gasteiger partial charge in [0.1, 0.15) is 23.6 Å². The second kappa shape index (κ2) is 15.0. The fraction of sp³-hybridized carbons (Fsp3) is 0.379. The van der Waals surface area contributed by atoms with Gasteiger partial charge in [-0.1, -0.05) is 18.2 Å². The van der Waals surface area contributed by atoms with E-state index in [1.807, 2.05) is 55.6 Å². The molecule has 1 amide bonds. The van der Waals surface area contributed by atoms with Crippen LogP contribution in [0.3, 0.4) is 0 Å². The van der Waals surface area contributed by atoms with E-state index in [0.717, 1.165) is 32.7 Å². The molecule has 0 saturated carbocycles. The molecule has 0 aliphatic carbocycles. The summed E-state index contributed by atoms with van der Waals surface area (Å²) >= 11 is 1.53. The molecular formula is C29H35N3O6S. The highest BCUT2D eigenvalue weighted by atomic mass is 32.2. The molecule has 0 bridgehead atoms. The van der Waals surface area contributed by atoms with Crippen molar-refractivity contribution in [2.24, 2.45) is 0 Å². The van der Waals surface area contributed by atoms with Crippen LogP contribution in [0.4, 0.5) is 5.69 Å². The molecule has 0 unspecified atom stereocenters. The van der Waals surface area contributed by atoms with Crippen LogP contribution in [0.15, 0.2) is 47.4 Å². The molecule has 9 nitrogen and oxygen atoms in total. The number of fused-ring (bicyclic) bond motifs is 1.